The molecule has 0 spiro atoms. The van der Waals surface area contributed by atoms with Crippen LogP contribution in [0.4, 0.5) is 22.0 Å². The van der Waals surface area contributed by atoms with Crippen LogP contribution in [0.3, 0.4) is 0 Å². The zero-order valence-electron chi connectivity index (χ0n) is 6.86. The first-order valence-corrected chi connectivity index (χ1v) is 4.74. The second-order valence-electron chi connectivity index (χ2n) is 2.39. The van der Waals surface area contributed by atoms with Crippen molar-refractivity contribution in [3.63, 3.8) is 0 Å². The van der Waals surface area contributed by atoms with Gasteiger partial charge in [0.1, 0.15) is 5.03 Å². The molecule has 84 valence electrons. The van der Waals surface area contributed by atoms with E-state index in [4.69, 9.17) is 11.6 Å². The molecule has 0 atom stereocenters. The van der Waals surface area contributed by atoms with Crippen LogP contribution in [0.2, 0.25) is 5.02 Å². The molecular formula is C7H3ClF5NS. The fourth-order valence-corrected chi connectivity index (χ4v) is 1.51. The summed E-state index contributed by atoms with van der Waals surface area (Å²) in [5, 5.41) is -0.755. The summed E-state index contributed by atoms with van der Waals surface area (Å²) in [5.74, 6) is -2.77. The Bertz CT molecular complexity index is 354. The molecular weight excluding hydrogens is 261 g/mol. The van der Waals surface area contributed by atoms with E-state index in [9.17, 15) is 22.0 Å². The van der Waals surface area contributed by atoms with Gasteiger partial charge in [0.2, 0.25) is 0 Å². The summed E-state index contributed by atoms with van der Waals surface area (Å²) in [5.41, 5.74) is -1.06. The predicted octanol–water partition coefficient (Wildman–Crippen LogP) is 4.07. The van der Waals surface area contributed by atoms with Gasteiger partial charge in [-0.2, -0.15) is 22.0 Å². The molecule has 0 unspecified atom stereocenters. The molecule has 1 rings (SSSR count). The van der Waals surface area contributed by atoms with Crippen molar-refractivity contribution >= 4 is 23.4 Å². The van der Waals surface area contributed by atoms with Crippen LogP contribution in [-0.2, 0) is 6.18 Å². The van der Waals surface area contributed by atoms with Gasteiger partial charge in [-0.1, -0.05) is 11.6 Å². The van der Waals surface area contributed by atoms with Gasteiger partial charge >= 0.3 is 6.18 Å². The Labute approximate surface area is 90.6 Å². The molecule has 0 amide bonds. The molecule has 0 aliphatic rings. The summed E-state index contributed by atoms with van der Waals surface area (Å²) >= 11 is 5.36. The third kappa shape index (κ3) is 3.49. The fourth-order valence-electron chi connectivity index (χ4n) is 0.751. The molecule has 0 saturated carbocycles. The number of hydrogen-bond donors (Lipinski definition) is 0. The van der Waals surface area contributed by atoms with Crippen LogP contribution in [0.5, 0.6) is 0 Å². The summed E-state index contributed by atoms with van der Waals surface area (Å²) in [7, 11) is 0. The maximum absolute atomic E-state index is 12.1. The minimum absolute atomic E-state index is 0.000643. The molecule has 8 heteroatoms. The highest BCUT2D eigenvalue weighted by Crippen LogP contribution is 2.35. The zero-order chi connectivity index (χ0) is 11.6. The average Bonchev–Trinajstić information content (AvgIpc) is 2.05. The minimum Gasteiger partial charge on any atom is -0.248 e. The molecule has 1 aromatic rings. The van der Waals surface area contributed by atoms with Crippen molar-refractivity contribution in [1.82, 2.24) is 4.98 Å². The van der Waals surface area contributed by atoms with E-state index in [0.717, 1.165) is 0 Å². The van der Waals surface area contributed by atoms with Crippen molar-refractivity contribution in [3.05, 3.63) is 22.8 Å². The van der Waals surface area contributed by atoms with Gasteiger partial charge in [-0.25, -0.2) is 4.98 Å². The maximum Gasteiger partial charge on any atom is 0.417 e. The Morgan fingerprint density at radius 1 is 1.33 bits per heavy atom. The van der Waals surface area contributed by atoms with Gasteiger partial charge in [0.15, 0.2) is 0 Å². The summed E-state index contributed by atoms with van der Waals surface area (Å²) in [4.78, 5) is 3.22. The summed E-state index contributed by atoms with van der Waals surface area (Å²) in [6, 6.07) is 0.569. The number of thioether (sulfide) groups is 1. The molecule has 0 N–H and O–H groups in total. The van der Waals surface area contributed by atoms with Gasteiger partial charge < -0.3 is 0 Å². The second-order valence-corrected chi connectivity index (χ2v) is 3.77. The van der Waals surface area contributed by atoms with Crippen LogP contribution in [0, 0.1) is 0 Å². The van der Waals surface area contributed by atoms with Gasteiger partial charge in [0, 0.05) is 6.20 Å². The van der Waals surface area contributed by atoms with Gasteiger partial charge in [-0.15, -0.1) is 0 Å². The second kappa shape index (κ2) is 4.52. The van der Waals surface area contributed by atoms with Crippen LogP contribution in [0.1, 0.15) is 5.56 Å². The minimum atomic E-state index is -4.58. The van der Waals surface area contributed by atoms with Crippen molar-refractivity contribution in [2.75, 3.05) is 0 Å². The molecule has 1 nitrogen and oxygen atoms in total. The lowest BCUT2D eigenvalue weighted by Gasteiger charge is -2.08. The predicted molar refractivity (Wildman–Crippen MR) is 46.1 cm³/mol. The number of nitrogens with zero attached hydrogens (tertiary/aromatic N) is 1. The van der Waals surface area contributed by atoms with Gasteiger partial charge in [0.05, 0.1) is 10.6 Å². The Balaban J connectivity index is 2.98. The van der Waals surface area contributed by atoms with E-state index >= 15 is 0 Å². The van der Waals surface area contributed by atoms with E-state index in [1.54, 1.807) is 0 Å². The summed E-state index contributed by atoms with van der Waals surface area (Å²) in [6.45, 7) is 0. The standard InChI is InChI=1S/C7H3ClF5NS/c8-4-1-3(7(11,12)13)2-14-5(4)15-6(9)10/h1-2,6H. The quantitative estimate of drug-likeness (QED) is 0.589. The number of alkyl halides is 5. The fraction of sp³-hybridized carbons (Fsp3) is 0.286. The first-order chi connectivity index (χ1) is 6.80. The normalized spacial score (nSPS) is 12.2. The van der Waals surface area contributed by atoms with Crippen molar-refractivity contribution < 1.29 is 22.0 Å². The van der Waals surface area contributed by atoms with Crippen LogP contribution < -0.4 is 0 Å². The molecule has 0 radical (unpaired) electrons. The van der Waals surface area contributed by atoms with E-state index < -0.39 is 22.5 Å². The summed E-state index contributed by atoms with van der Waals surface area (Å²) in [6.07, 6.45) is -4.11. The highest BCUT2D eigenvalue weighted by atomic mass is 35.5. The molecule has 0 aromatic carbocycles. The Morgan fingerprint density at radius 3 is 2.33 bits per heavy atom. The third-order valence-corrected chi connectivity index (χ3v) is 2.46. The lowest BCUT2D eigenvalue weighted by molar-refractivity contribution is -0.137. The largest absolute Gasteiger partial charge is 0.417 e. The first kappa shape index (κ1) is 12.5. The van der Waals surface area contributed by atoms with Crippen molar-refractivity contribution in [1.29, 1.82) is 0 Å². The Morgan fingerprint density at radius 2 is 1.93 bits per heavy atom. The van der Waals surface area contributed by atoms with Crippen LogP contribution in [0.25, 0.3) is 0 Å². The van der Waals surface area contributed by atoms with Crippen LogP contribution in [-0.4, -0.2) is 10.7 Å². The highest BCUT2D eigenvalue weighted by Gasteiger charge is 2.31. The molecule has 0 saturated heterocycles. The van der Waals surface area contributed by atoms with Crippen molar-refractivity contribution in [3.8, 4) is 0 Å². The molecule has 15 heavy (non-hydrogen) atoms. The maximum atomic E-state index is 12.1. The summed E-state index contributed by atoms with van der Waals surface area (Å²) < 4.78 is 60.1. The topological polar surface area (TPSA) is 12.9 Å². The lowest BCUT2D eigenvalue weighted by atomic mass is 10.3. The Kier molecular flexibility index (Phi) is 3.77. The average molecular weight is 264 g/mol. The Hall–Kier alpha value is -0.560. The van der Waals surface area contributed by atoms with Gasteiger partial charge in [0.25, 0.3) is 5.76 Å². The SMILES string of the molecule is FC(F)Sc1ncc(C(F)(F)F)cc1Cl. The van der Waals surface area contributed by atoms with Crippen molar-refractivity contribution in [2.45, 2.75) is 17.0 Å². The number of rotatable bonds is 2. The molecule has 0 aliphatic heterocycles. The lowest BCUT2D eigenvalue weighted by Crippen LogP contribution is -2.05. The van der Waals surface area contributed by atoms with E-state index in [2.05, 4.69) is 4.98 Å². The molecule has 1 aromatic heterocycles. The van der Waals surface area contributed by atoms with Crippen LogP contribution in [0.15, 0.2) is 17.3 Å². The van der Waals surface area contributed by atoms with E-state index in [1.165, 1.54) is 0 Å². The van der Waals surface area contributed by atoms with Gasteiger partial charge in [-0.05, 0) is 17.8 Å². The van der Waals surface area contributed by atoms with Crippen LogP contribution >= 0.6 is 23.4 Å². The zero-order valence-corrected chi connectivity index (χ0v) is 8.43. The van der Waals surface area contributed by atoms with Gasteiger partial charge in [-0.3, -0.25) is 0 Å². The van der Waals surface area contributed by atoms with E-state index in [1.807, 2.05) is 0 Å². The molecule has 0 bridgehead atoms. The van der Waals surface area contributed by atoms with Crippen molar-refractivity contribution in [2.24, 2.45) is 0 Å². The molecule has 0 fully saturated rings. The monoisotopic (exact) mass is 263 g/mol. The third-order valence-electron chi connectivity index (χ3n) is 1.34. The molecule has 1 heterocycles. The number of halogens is 6. The highest BCUT2D eigenvalue weighted by molar-refractivity contribution is 7.99. The number of aromatic nitrogens is 1. The number of pyridine rings is 1. The number of hydrogen-bond acceptors (Lipinski definition) is 2. The van der Waals surface area contributed by atoms with E-state index in [-0.39, 0.29) is 16.8 Å². The van der Waals surface area contributed by atoms with E-state index in [0.29, 0.717) is 12.3 Å². The first-order valence-electron chi connectivity index (χ1n) is 3.48. The smallest absolute Gasteiger partial charge is 0.248 e. The molecule has 0 aliphatic carbocycles.